The summed E-state index contributed by atoms with van der Waals surface area (Å²) in [5.74, 6) is 1.18. The third kappa shape index (κ3) is 5.69. The van der Waals surface area contributed by atoms with Gasteiger partial charge in [0.1, 0.15) is 0 Å². The number of nitrogens with zero attached hydrogens (tertiary/aromatic N) is 2. The van der Waals surface area contributed by atoms with Gasteiger partial charge in [-0.2, -0.15) is 0 Å². The molecule has 1 fully saturated rings. The number of rotatable bonds is 7. The zero-order valence-electron chi connectivity index (χ0n) is 22.3. The van der Waals surface area contributed by atoms with E-state index in [0.717, 1.165) is 18.7 Å². The average molecular weight is 488 g/mol. The quantitative estimate of drug-likeness (QED) is 0.268. The molecule has 0 amide bonds. The van der Waals surface area contributed by atoms with E-state index in [-0.39, 0.29) is 0 Å². The molecule has 3 aromatic rings. The Hall–Kier alpha value is -2.46. The van der Waals surface area contributed by atoms with Gasteiger partial charge in [-0.05, 0) is 92.8 Å². The molecule has 0 radical (unpaired) electrons. The van der Waals surface area contributed by atoms with Gasteiger partial charge >= 0.3 is 0 Å². The number of fused-ring (bicyclic) bond motifs is 3. The second-order valence-electron chi connectivity index (χ2n) is 9.96. The number of para-hydroxylation sites is 1. The summed E-state index contributed by atoms with van der Waals surface area (Å²) < 4.78 is 0. The van der Waals surface area contributed by atoms with Crippen LogP contribution in [0.25, 0.3) is 10.9 Å². The van der Waals surface area contributed by atoms with E-state index >= 15 is 0 Å². The molecule has 0 saturated heterocycles. The maximum atomic E-state index is 5.07. The van der Waals surface area contributed by atoms with Crippen LogP contribution in [0.1, 0.15) is 56.9 Å². The molecule has 0 spiro atoms. The Morgan fingerprint density at radius 1 is 1.14 bits per heavy atom. The van der Waals surface area contributed by atoms with Gasteiger partial charge in [-0.15, -0.1) is 11.8 Å². The Bertz CT molecular complexity index is 1200. The predicted octanol–water partition coefficient (Wildman–Crippen LogP) is 8.45. The molecular weight excluding hydrogens is 446 g/mol. The number of aromatic amines is 1. The molecule has 4 heteroatoms. The van der Waals surface area contributed by atoms with Crippen molar-refractivity contribution in [2.45, 2.75) is 66.3 Å². The first-order chi connectivity index (χ1) is 17.0. The van der Waals surface area contributed by atoms with Crippen molar-refractivity contribution in [1.82, 2.24) is 9.88 Å². The molecule has 186 valence electrons. The molecule has 1 saturated carbocycles. The molecule has 35 heavy (non-hydrogen) atoms. The second-order valence-corrected chi connectivity index (χ2v) is 10.8. The Labute approximate surface area is 216 Å². The van der Waals surface area contributed by atoms with Crippen LogP contribution in [0.2, 0.25) is 0 Å². The summed E-state index contributed by atoms with van der Waals surface area (Å²) in [7, 11) is 0. The first-order valence-electron chi connectivity index (χ1n) is 13.2. The maximum absolute atomic E-state index is 5.07. The molecule has 2 bridgehead atoms. The molecular formula is C31H41N3S. The van der Waals surface area contributed by atoms with E-state index in [9.17, 15) is 0 Å². The number of thioether (sulfide) groups is 1. The van der Waals surface area contributed by atoms with E-state index in [1.165, 1.54) is 52.0 Å². The normalized spacial score (nSPS) is 20.1. The minimum Gasteiger partial charge on any atom is -0.374 e. The minimum absolute atomic E-state index is 0.505. The third-order valence-electron chi connectivity index (χ3n) is 7.40. The van der Waals surface area contributed by atoms with Gasteiger partial charge in [-0.1, -0.05) is 51.1 Å². The molecule has 2 heterocycles. The summed E-state index contributed by atoms with van der Waals surface area (Å²) in [6.07, 6.45) is 9.45. The SMILES string of the molecule is CC.CSC(=Nc1ccccc1C)C1CC2CC1=CN2CC(C)CCc1cccc2[nH]c(C)cc12. The van der Waals surface area contributed by atoms with Crippen molar-refractivity contribution in [3.63, 3.8) is 0 Å². The zero-order valence-corrected chi connectivity index (χ0v) is 23.1. The lowest BCUT2D eigenvalue weighted by molar-refractivity contribution is 0.245. The lowest BCUT2D eigenvalue weighted by Crippen LogP contribution is -2.33. The highest BCUT2D eigenvalue weighted by atomic mass is 32.2. The third-order valence-corrected chi connectivity index (χ3v) is 8.19. The van der Waals surface area contributed by atoms with Crippen molar-refractivity contribution in [1.29, 1.82) is 0 Å². The van der Waals surface area contributed by atoms with Crippen molar-refractivity contribution in [2.24, 2.45) is 16.8 Å². The van der Waals surface area contributed by atoms with Gasteiger partial charge in [0.05, 0.1) is 10.7 Å². The van der Waals surface area contributed by atoms with Crippen LogP contribution in [0.15, 0.2) is 65.3 Å². The first-order valence-corrected chi connectivity index (χ1v) is 14.5. The number of aliphatic imine (C=N–C) groups is 1. The minimum atomic E-state index is 0.505. The molecule has 1 aliphatic heterocycles. The number of aromatic nitrogens is 1. The van der Waals surface area contributed by atoms with Crippen molar-refractivity contribution in [3.05, 3.63) is 77.1 Å². The number of hydrogen-bond donors (Lipinski definition) is 1. The summed E-state index contributed by atoms with van der Waals surface area (Å²) in [5, 5.41) is 2.67. The van der Waals surface area contributed by atoms with E-state index in [1.54, 1.807) is 5.57 Å². The van der Waals surface area contributed by atoms with E-state index in [0.29, 0.717) is 17.9 Å². The Balaban J connectivity index is 0.00000141. The van der Waals surface area contributed by atoms with Crippen LogP contribution in [-0.4, -0.2) is 33.8 Å². The highest BCUT2D eigenvalue weighted by Gasteiger charge is 2.40. The lowest BCUT2D eigenvalue weighted by atomic mass is 9.97. The van der Waals surface area contributed by atoms with Crippen molar-refractivity contribution < 1.29 is 0 Å². The summed E-state index contributed by atoms with van der Waals surface area (Å²) >= 11 is 1.82. The molecule has 3 nitrogen and oxygen atoms in total. The summed E-state index contributed by atoms with van der Waals surface area (Å²) in [6, 6.07) is 18.1. The number of benzene rings is 2. The first kappa shape index (κ1) is 25.6. The van der Waals surface area contributed by atoms with E-state index in [2.05, 4.69) is 91.6 Å². The van der Waals surface area contributed by atoms with Crippen molar-refractivity contribution in [3.8, 4) is 0 Å². The fraction of sp³-hybridized carbons (Fsp3) is 0.452. The molecule has 3 unspecified atom stereocenters. The van der Waals surface area contributed by atoms with Crippen LogP contribution < -0.4 is 0 Å². The van der Waals surface area contributed by atoms with Gasteiger partial charge in [0.25, 0.3) is 0 Å². The van der Waals surface area contributed by atoms with Crippen LogP contribution in [0.5, 0.6) is 0 Å². The van der Waals surface area contributed by atoms with Crippen LogP contribution in [-0.2, 0) is 6.42 Å². The molecule has 1 N–H and O–H groups in total. The molecule has 1 aromatic heterocycles. The van der Waals surface area contributed by atoms with Gasteiger partial charge < -0.3 is 9.88 Å². The van der Waals surface area contributed by atoms with Gasteiger partial charge in [0.15, 0.2) is 0 Å². The highest BCUT2D eigenvalue weighted by Crippen LogP contribution is 2.44. The smallest absolute Gasteiger partial charge is 0.0809 e. The van der Waals surface area contributed by atoms with Crippen LogP contribution in [0.3, 0.4) is 0 Å². The standard InChI is InChI=1S/C29H35N3S.C2H6/c1-19(12-13-22-9-7-11-28-25(22)14-21(3)30-28)17-32-18-23-15-24(32)16-26(23)29(33-4)31-27-10-6-5-8-20(27)2;1-2/h5-11,14,18-19,24,26,30H,12-13,15-17H2,1-4H3;1-2H3. The molecule has 2 aromatic carbocycles. The predicted molar refractivity (Wildman–Crippen MR) is 155 cm³/mol. The zero-order chi connectivity index (χ0) is 24.9. The number of aryl methyl sites for hydroxylation is 3. The summed E-state index contributed by atoms with van der Waals surface area (Å²) in [6.45, 7) is 11.9. The molecule has 3 atom stereocenters. The van der Waals surface area contributed by atoms with Gasteiger partial charge in [-0.3, -0.25) is 0 Å². The second kappa shape index (κ2) is 11.5. The molecule has 5 rings (SSSR count). The average Bonchev–Trinajstić information content (AvgIpc) is 3.57. The van der Waals surface area contributed by atoms with E-state index < -0.39 is 0 Å². The lowest BCUT2D eigenvalue weighted by Gasteiger charge is -2.31. The number of H-pyrrole nitrogens is 1. The van der Waals surface area contributed by atoms with Gasteiger partial charge in [-0.25, -0.2) is 4.99 Å². The Kier molecular flexibility index (Phi) is 8.43. The van der Waals surface area contributed by atoms with E-state index in [1.807, 2.05) is 25.6 Å². The van der Waals surface area contributed by atoms with Crippen molar-refractivity contribution in [2.75, 3.05) is 12.8 Å². The van der Waals surface area contributed by atoms with Gasteiger partial charge in [0.2, 0.25) is 0 Å². The fourth-order valence-electron chi connectivity index (χ4n) is 5.60. The maximum Gasteiger partial charge on any atom is 0.0809 e. The largest absolute Gasteiger partial charge is 0.374 e. The molecule has 2 aliphatic rings. The summed E-state index contributed by atoms with van der Waals surface area (Å²) in [5.41, 5.74) is 7.94. The fourth-order valence-corrected chi connectivity index (χ4v) is 6.32. The monoisotopic (exact) mass is 487 g/mol. The number of nitrogens with one attached hydrogen (secondary N) is 1. The molecule has 1 aliphatic carbocycles. The topological polar surface area (TPSA) is 31.4 Å². The van der Waals surface area contributed by atoms with Crippen LogP contribution in [0, 0.1) is 25.7 Å². The van der Waals surface area contributed by atoms with Gasteiger partial charge in [0, 0.05) is 35.1 Å². The van der Waals surface area contributed by atoms with E-state index in [4.69, 9.17) is 4.99 Å². The Morgan fingerprint density at radius 2 is 1.94 bits per heavy atom. The van der Waals surface area contributed by atoms with Crippen LogP contribution >= 0.6 is 11.8 Å². The number of hydrogen-bond acceptors (Lipinski definition) is 3. The van der Waals surface area contributed by atoms with Crippen molar-refractivity contribution >= 4 is 33.4 Å². The Morgan fingerprint density at radius 3 is 2.66 bits per heavy atom. The summed E-state index contributed by atoms with van der Waals surface area (Å²) in [4.78, 5) is 11.2. The van der Waals surface area contributed by atoms with Crippen LogP contribution in [0.4, 0.5) is 5.69 Å². The highest BCUT2D eigenvalue weighted by molar-refractivity contribution is 8.13.